The van der Waals surface area contributed by atoms with Crippen LogP contribution in [0.15, 0.2) is 18.2 Å². The van der Waals surface area contributed by atoms with E-state index in [2.05, 4.69) is 10.3 Å². The average molecular weight is 277 g/mol. The summed E-state index contributed by atoms with van der Waals surface area (Å²) in [4.78, 5) is 11.3. The van der Waals surface area contributed by atoms with Crippen molar-refractivity contribution < 1.29 is 14.3 Å². The summed E-state index contributed by atoms with van der Waals surface area (Å²) in [7, 11) is 0. The predicted octanol–water partition coefficient (Wildman–Crippen LogP) is 2.71. The molecule has 0 bridgehead atoms. The van der Waals surface area contributed by atoms with Crippen LogP contribution in [0, 0.1) is 12.7 Å². The summed E-state index contributed by atoms with van der Waals surface area (Å²) in [6, 6.07) is 4.60. The molecule has 0 amide bonds. The maximum Gasteiger partial charge on any atom is 0.358 e. The Morgan fingerprint density at radius 1 is 1.35 bits per heavy atom. The van der Waals surface area contributed by atoms with Gasteiger partial charge in [-0.05, 0) is 19.1 Å². The van der Waals surface area contributed by atoms with Gasteiger partial charge in [-0.3, -0.25) is 0 Å². The number of rotatable bonds is 2. The predicted molar refractivity (Wildman–Crippen MR) is 71.7 cm³/mol. The minimum atomic E-state index is -1.14. The molecule has 6 heteroatoms. The monoisotopic (exact) mass is 277 g/mol. The molecule has 0 saturated carbocycles. The number of hydrogen-bond acceptors (Lipinski definition) is 3. The van der Waals surface area contributed by atoms with E-state index in [0.717, 1.165) is 0 Å². The van der Waals surface area contributed by atoms with Crippen LogP contribution in [0.25, 0.3) is 5.69 Å². The van der Waals surface area contributed by atoms with Crippen molar-refractivity contribution in [2.24, 2.45) is 0 Å². The molecular weight excluding hydrogens is 261 g/mol. The van der Waals surface area contributed by atoms with Crippen LogP contribution in [-0.4, -0.2) is 26.1 Å². The lowest BCUT2D eigenvalue weighted by atomic mass is 9.90. The molecule has 20 heavy (non-hydrogen) atoms. The summed E-state index contributed by atoms with van der Waals surface area (Å²) >= 11 is 0. The Balaban J connectivity index is 2.76. The number of benzene rings is 1. The minimum Gasteiger partial charge on any atom is -0.476 e. The highest BCUT2D eigenvalue weighted by Gasteiger charge is 2.30. The van der Waals surface area contributed by atoms with Gasteiger partial charge in [0.25, 0.3) is 0 Å². The lowest BCUT2D eigenvalue weighted by Gasteiger charge is -2.21. The van der Waals surface area contributed by atoms with Crippen molar-refractivity contribution in [3.8, 4) is 5.69 Å². The van der Waals surface area contributed by atoms with E-state index in [-0.39, 0.29) is 11.5 Å². The molecule has 0 fully saturated rings. The van der Waals surface area contributed by atoms with Crippen LogP contribution in [0.1, 0.15) is 42.5 Å². The lowest BCUT2D eigenvalue weighted by Crippen LogP contribution is -2.21. The largest absolute Gasteiger partial charge is 0.476 e. The maximum absolute atomic E-state index is 13.7. The topological polar surface area (TPSA) is 68.0 Å². The van der Waals surface area contributed by atoms with Gasteiger partial charge in [-0.15, -0.1) is 5.10 Å². The number of carbonyl (C=O) groups is 1. The second-order valence-corrected chi connectivity index (χ2v) is 5.64. The molecule has 5 nitrogen and oxygen atoms in total. The molecule has 0 aliphatic heterocycles. The first kappa shape index (κ1) is 14.2. The number of hydrogen-bond donors (Lipinski definition) is 1. The molecule has 0 unspecified atom stereocenters. The zero-order valence-corrected chi connectivity index (χ0v) is 11.8. The van der Waals surface area contributed by atoms with Crippen molar-refractivity contribution >= 4 is 5.97 Å². The molecule has 1 aromatic carbocycles. The van der Waals surface area contributed by atoms with Crippen LogP contribution < -0.4 is 0 Å². The summed E-state index contributed by atoms with van der Waals surface area (Å²) in [5.74, 6) is -1.51. The van der Waals surface area contributed by atoms with Crippen LogP contribution in [-0.2, 0) is 5.41 Å². The van der Waals surface area contributed by atoms with Gasteiger partial charge in [-0.25, -0.2) is 13.9 Å². The van der Waals surface area contributed by atoms with Gasteiger partial charge in [0.2, 0.25) is 0 Å². The maximum atomic E-state index is 13.7. The van der Waals surface area contributed by atoms with E-state index >= 15 is 0 Å². The fraction of sp³-hybridized carbons (Fsp3) is 0.357. The standard InChI is InChI=1S/C14H16FN3O2/c1-8-9(15)6-5-7-10(8)18-12(14(2,3)4)11(13(19)20)16-17-18/h5-7H,1-4H3,(H,19,20). The van der Waals surface area contributed by atoms with Crippen molar-refractivity contribution in [3.05, 3.63) is 41.0 Å². The van der Waals surface area contributed by atoms with Crippen LogP contribution in [0.4, 0.5) is 4.39 Å². The van der Waals surface area contributed by atoms with Gasteiger partial charge in [0, 0.05) is 11.0 Å². The van der Waals surface area contributed by atoms with E-state index in [1.807, 2.05) is 20.8 Å². The van der Waals surface area contributed by atoms with E-state index in [9.17, 15) is 14.3 Å². The molecule has 106 valence electrons. The van der Waals surface area contributed by atoms with Gasteiger partial charge >= 0.3 is 5.97 Å². The highest BCUT2D eigenvalue weighted by atomic mass is 19.1. The number of carboxylic acid groups (broad SMARTS) is 1. The SMILES string of the molecule is Cc1c(F)cccc1-n1nnc(C(=O)O)c1C(C)(C)C. The highest BCUT2D eigenvalue weighted by Crippen LogP contribution is 2.28. The molecule has 0 spiro atoms. The number of nitrogens with zero attached hydrogens (tertiary/aromatic N) is 3. The van der Waals surface area contributed by atoms with Gasteiger partial charge in [-0.1, -0.05) is 32.1 Å². The number of aromatic nitrogens is 3. The first-order valence-electron chi connectivity index (χ1n) is 6.18. The van der Waals surface area contributed by atoms with Gasteiger partial charge < -0.3 is 5.11 Å². The molecule has 0 atom stereocenters. The second kappa shape index (κ2) is 4.70. The lowest BCUT2D eigenvalue weighted by molar-refractivity contribution is 0.0687. The fourth-order valence-corrected chi connectivity index (χ4v) is 2.09. The summed E-state index contributed by atoms with van der Waals surface area (Å²) in [6.07, 6.45) is 0. The molecule has 2 rings (SSSR count). The zero-order chi connectivity index (χ0) is 15.1. The summed E-state index contributed by atoms with van der Waals surface area (Å²) in [5, 5.41) is 16.8. The molecule has 0 saturated heterocycles. The average Bonchev–Trinajstić information content (AvgIpc) is 2.77. The Kier molecular flexibility index (Phi) is 3.33. The fourth-order valence-electron chi connectivity index (χ4n) is 2.09. The Bertz CT molecular complexity index is 672. The highest BCUT2D eigenvalue weighted by molar-refractivity contribution is 5.87. The molecule has 0 aliphatic carbocycles. The van der Waals surface area contributed by atoms with E-state index in [0.29, 0.717) is 16.9 Å². The molecule has 1 N–H and O–H groups in total. The van der Waals surface area contributed by atoms with Crippen molar-refractivity contribution in [2.45, 2.75) is 33.1 Å². The van der Waals surface area contributed by atoms with E-state index in [1.165, 1.54) is 10.7 Å². The van der Waals surface area contributed by atoms with Crippen LogP contribution in [0.3, 0.4) is 0 Å². The van der Waals surface area contributed by atoms with Crippen molar-refractivity contribution in [2.75, 3.05) is 0 Å². The van der Waals surface area contributed by atoms with Gasteiger partial charge in [0.1, 0.15) is 5.82 Å². The molecule has 0 aliphatic rings. The first-order valence-corrected chi connectivity index (χ1v) is 6.18. The first-order chi connectivity index (χ1) is 9.23. The number of aromatic carboxylic acids is 1. The number of halogens is 1. The van der Waals surface area contributed by atoms with Crippen LogP contribution in [0.2, 0.25) is 0 Å². The molecular formula is C14H16FN3O2. The summed E-state index contributed by atoms with van der Waals surface area (Å²) in [6.45, 7) is 7.22. The molecule has 2 aromatic rings. The third-order valence-corrected chi connectivity index (χ3v) is 3.05. The van der Waals surface area contributed by atoms with E-state index in [4.69, 9.17) is 0 Å². The minimum absolute atomic E-state index is 0.110. The zero-order valence-electron chi connectivity index (χ0n) is 11.8. The van der Waals surface area contributed by atoms with E-state index < -0.39 is 11.4 Å². The normalized spacial score (nSPS) is 11.7. The Morgan fingerprint density at radius 3 is 2.55 bits per heavy atom. The van der Waals surface area contributed by atoms with Gasteiger partial charge in [0.05, 0.1) is 11.4 Å². The van der Waals surface area contributed by atoms with Gasteiger partial charge in [-0.2, -0.15) is 0 Å². The van der Waals surface area contributed by atoms with Crippen molar-refractivity contribution in [3.63, 3.8) is 0 Å². The second-order valence-electron chi connectivity index (χ2n) is 5.64. The molecule has 0 radical (unpaired) electrons. The third-order valence-electron chi connectivity index (χ3n) is 3.05. The molecule has 1 aromatic heterocycles. The summed E-state index contributed by atoms with van der Waals surface area (Å²) < 4.78 is 15.1. The Hall–Kier alpha value is -2.24. The third kappa shape index (κ3) is 2.29. The summed E-state index contributed by atoms with van der Waals surface area (Å²) in [5.41, 5.74) is 0.741. The van der Waals surface area contributed by atoms with Crippen LogP contribution >= 0.6 is 0 Å². The molecule has 1 heterocycles. The Morgan fingerprint density at radius 2 is 2.00 bits per heavy atom. The number of carboxylic acids is 1. The van der Waals surface area contributed by atoms with Crippen molar-refractivity contribution in [1.82, 2.24) is 15.0 Å². The Labute approximate surface area is 116 Å². The van der Waals surface area contributed by atoms with Gasteiger partial charge in [0.15, 0.2) is 5.69 Å². The van der Waals surface area contributed by atoms with Crippen molar-refractivity contribution in [1.29, 1.82) is 0 Å². The van der Waals surface area contributed by atoms with E-state index in [1.54, 1.807) is 19.1 Å². The quantitative estimate of drug-likeness (QED) is 0.916. The van der Waals surface area contributed by atoms with Crippen LogP contribution in [0.5, 0.6) is 0 Å². The smallest absolute Gasteiger partial charge is 0.358 e.